The van der Waals surface area contributed by atoms with Crippen LogP contribution in [-0.2, 0) is 16.1 Å². The fourth-order valence-electron chi connectivity index (χ4n) is 3.01. The highest BCUT2D eigenvalue weighted by Crippen LogP contribution is 2.24. The van der Waals surface area contributed by atoms with Crippen LogP contribution in [-0.4, -0.2) is 40.8 Å². The number of benzene rings is 2. The largest absolute Gasteiger partial charge is 0.352 e. The normalized spacial score (nSPS) is 11.5. The first kappa shape index (κ1) is 24.5. The Morgan fingerprint density at radius 3 is 2.45 bits per heavy atom. The average Bonchev–Trinajstić information content (AvgIpc) is 3.29. The molecule has 0 unspecified atom stereocenters. The average molecular weight is 483 g/mol. The van der Waals surface area contributed by atoms with Crippen molar-refractivity contribution < 1.29 is 14.4 Å². The molecule has 0 aliphatic rings. The molecule has 1 heterocycles. The number of anilines is 1. The standard InChI is InChI=1S/C24H26N4O3S2/c1-16(29)25-14-17-8-10-19(11-9-17)22(30)26-20(12-13-32-2)23(31)28-24-27-21(15-33-24)18-6-4-3-5-7-18/h3-11,15,20H,12-14H2,1-2H3,(H,25,29)(H,26,30)(H,27,28,31)/t20-/m0/s1. The van der Waals surface area contributed by atoms with Gasteiger partial charge in [0, 0.05) is 30.0 Å². The van der Waals surface area contributed by atoms with Gasteiger partial charge in [0.2, 0.25) is 11.8 Å². The molecule has 3 amide bonds. The van der Waals surface area contributed by atoms with Crippen molar-refractivity contribution in [3.8, 4) is 11.3 Å². The summed E-state index contributed by atoms with van der Waals surface area (Å²) in [5, 5.41) is 10.8. The highest BCUT2D eigenvalue weighted by molar-refractivity contribution is 7.98. The quantitative estimate of drug-likeness (QED) is 0.406. The molecule has 7 nitrogen and oxygen atoms in total. The molecule has 0 aliphatic carbocycles. The number of thioether (sulfide) groups is 1. The van der Waals surface area contributed by atoms with Crippen molar-refractivity contribution in [3.05, 3.63) is 71.1 Å². The molecule has 1 aromatic heterocycles. The first-order valence-corrected chi connectivity index (χ1v) is 12.7. The van der Waals surface area contributed by atoms with Crippen molar-refractivity contribution in [1.82, 2.24) is 15.6 Å². The number of thiazole rings is 1. The van der Waals surface area contributed by atoms with Gasteiger partial charge in [0.1, 0.15) is 6.04 Å². The van der Waals surface area contributed by atoms with Crippen LogP contribution in [0.4, 0.5) is 5.13 Å². The van der Waals surface area contributed by atoms with Gasteiger partial charge in [-0.25, -0.2) is 4.98 Å². The van der Waals surface area contributed by atoms with Gasteiger partial charge in [-0.3, -0.25) is 14.4 Å². The zero-order valence-corrected chi connectivity index (χ0v) is 20.1. The minimum Gasteiger partial charge on any atom is -0.352 e. The van der Waals surface area contributed by atoms with E-state index in [0.29, 0.717) is 23.7 Å². The lowest BCUT2D eigenvalue weighted by Gasteiger charge is -2.17. The van der Waals surface area contributed by atoms with E-state index in [-0.39, 0.29) is 17.7 Å². The second kappa shape index (κ2) is 12.2. The number of aromatic nitrogens is 1. The van der Waals surface area contributed by atoms with Crippen molar-refractivity contribution in [2.75, 3.05) is 17.3 Å². The number of nitrogens with one attached hydrogen (secondary N) is 3. The molecule has 0 spiro atoms. The second-order valence-electron chi connectivity index (χ2n) is 7.31. The second-order valence-corrected chi connectivity index (χ2v) is 9.15. The Bertz CT molecular complexity index is 1080. The molecule has 1 atom stereocenters. The molecule has 0 aliphatic heterocycles. The lowest BCUT2D eigenvalue weighted by Crippen LogP contribution is -2.44. The topological polar surface area (TPSA) is 100 Å². The van der Waals surface area contributed by atoms with Gasteiger partial charge in [-0.05, 0) is 36.1 Å². The summed E-state index contributed by atoms with van der Waals surface area (Å²) in [5.74, 6) is -0.0168. The number of amides is 3. The van der Waals surface area contributed by atoms with E-state index < -0.39 is 6.04 Å². The van der Waals surface area contributed by atoms with E-state index in [2.05, 4.69) is 20.9 Å². The Hall–Kier alpha value is -3.17. The summed E-state index contributed by atoms with van der Waals surface area (Å²) in [7, 11) is 0. The van der Waals surface area contributed by atoms with Crippen molar-refractivity contribution in [3.63, 3.8) is 0 Å². The molecular weight excluding hydrogens is 456 g/mol. The fourth-order valence-corrected chi connectivity index (χ4v) is 4.21. The lowest BCUT2D eigenvalue weighted by molar-refractivity contribution is -0.119. The van der Waals surface area contributed by atoms with Crippen LogP contribution in [0.1, 0.15) is 29.3 Å². The third-order valence-electron chi connectivity index (χ3n) is 4.79. The van der Waals surface area contributed by atoms with Gasteiger partial charge in [-0.2, -0.15) is 11.8 Å². The van der Waals surface area contributed by atoms with Crippen molar-refractivity contribution in [1.29, 1.82) is 0 Å². The van der Waals surface area contributed by atoms with E-state index in [0.717, 1.165) is 22.6 Å². The number of hydrogen-bond acceptors (Lipinski definition) is 6. The van der Waals surface area contributed by atoms with E-state index in [1.165, 1.54) is 18.3 Å². The molecule has 0 fully saturated rings. The molecule has 0 bridgehead atoms. The number of hydrogen-bond donors (Lipinski definition) is 3. The highest BCUT2D eigenvalue weighted by Gasteiger charge is 2.22. The molecule has 172 valence electrons. The molecule has 9 heteroatoms. The predicted octanol–water partition coefficient (Wildman–Crippen LogP) is 3.94. The number of nitrogens with zero attached hydrogens (tertiary/aromatic N) is 1. The monoisotopic (exact) mass is 482 g/mol. The first-order chi connectivity index (χ1) is 16.0. The van der Waals surface area contributed by atoms with Crippen LogP contribution in [0.2, 0.25) is 0 Å². The molecule has 3 N–H and O–H groups in total. The van der Waals surface area contributed by atoms with Crippen LogP contribution >= 0.6 is 23.1 Å². The molecule has 3 aromatic rings. The molecular formula is C24H26N4O3S2. The zero-order chi connectivity index (χ0) is 23.6. The van der Waals surface area contributed by atoms with Crippen molar-refractivity contribution in [2.45, 2.75) is 25.9 Å². The maximum absolute atomic E-state index is 12.9. The summed E-state index contributed by atoms with van der Waals surface area (Å²) in [6, 6.07) is 16.0. The molecule has 0 radical (unpaired) electrons. The maximum atomic E-state index is 12.9. The van der Waals surface area contributed by atoms with E-state index in [9.17, 15) is 14.4 Å². The molecule has 33 heavy (non-hydrogen) atoms. The third kappa shape index (κ3) is 7.44. The van der Waals surface area contributed by atoms with E-state index in [1.807, 2.05) is 42.0 Å². The van der Waals surface area contributed by atoms with Gasteiger partial charge in [0.25, 0.3) is 5.91 Å². The molecule has 0 saturated heterocycles. The predicted molar refractivity (Wildman–Crippen MR) is 134 cm³/mol. The summed E-state index contributed by atoms with van der Waals surface area (Å²) < 4.78 is 0. The number of carbonyl (C=O) groups is 3. The summed E-state index contributed by atoms with van der Waals surface area (Å²) in [6.07, 6.45) is 2.45. The third-order valence-corrected chi connectivity index (χ3v) is 6.20. The van der Waals surface area contributed by atoms with Crippen LogP contribution in [0.3, 0.4) is 0 Å². The fraction of sp³-hybridized carbons (Fsp3) is 0.250. The number of rotatable bonds is 10. The summed E-state index contributed by atoms with van der Waals surface area (Å²) in [6.45, 7) is 1.85. The van der Waals surface area contributed by atoms with E-state index >= 15 is 0 Å². The summed E-state index contributed by atoms with van der Waals surface area (Å²) >= 11 is 2.96. The Kier molecular flexibility index (Phi) is 9.03. The molecule has 0 saturated carbocycles. The Morgan fingerprint density at radius 2 is 1.79 bits per heavy atom. The van der Waals surface area contributed by atoms with Gasteiger partial charge in [-0.15, -0.1) is 11.3 Å². The Morgan fingerprint density at radius 1 is 1.06 bits per heavy atom. The Balaban J connectivity index is 1.64. The number of carbonyl (C=O) groups excluding carboxylic acids is 3. The van der Waals surface area contributed by atoms with Crippen LogP contribution in [0.15, 0.2) is 60.0 Å². The lowest BCUT2D eigenvalue weighted by atomic mass is 10.1. The maximum Gasteiger partial charge on any atom is 0.251 e. The highest BCUT2D eigenvalue weighted by atomic mass is 32.2. The molecule has 3 rings (SSSR count). The van der Waals surface area contributed by atoms with Gasteiger partial charge in [0.15, 0.2) is 5.13 Å². The van der Waals surface area contributed by atoms with Gasteiger partial charge in [-0.1, -0.05) is 42.5 Å². The minimum atomic E-state index is -0.687. The van der Waals surface area contributed by atoms with E-state index in [4.69, 9.17) is 0 Å². The van der Waals surface area contributed by atoms with E-state index in [1.54, 1.807) is 36.0 Å². The minimum absolute atomic E-state index is 0.115. The van der Waals surface area contributed by atoms with Gasteiger partial charge in [0.05, 0.1) is 5.69 Å². The van der Waals surface area contributed by atoms with Crippen molar-refractivity contribution in [2.24, 2.45) is 0 Å². The SMILES string of the molecule is CSCC[C@H](NC(=O)c1ccc(CNC(C)=O)cc1)C(=O)Nc1nc(-c2ccccc2)cs1. The Labute approximate surface area is 201 Å². The summed E-state index contributed by atoms with van der Waals surface area (Å²) in [4.78, 5) is 41.2. The van der Waals surface area contributed by atoms with Crippen LogP contribution in [0.5, 0.6) is 0 Å². The van der Waals surface area contributed by atoms with Gasteiger partial charge >= 0.3 is 0 Å². The van der Waals surface area contributed by atoms with Crippen LogP contribution in [0, 0.1) is 0 Å². The summed E-state index contributed by atoms with van der Waals surface area (Å²) in [5.41, 5.74) is 3.10. The van der Waals surface area contributed by atoms with Crippen LogP contribution < -0.4 is 16.0 Å². The smallest absolute Gasteiger partial charge is 0.251 e. The first-order valence-electron chi connectivity index (χ1n) is 10.4. The van der Waals surface area contributed by atoms with Crippen LogP contribution in [0.25, 0.3) is 11.3 Å². The van der Waals surface area contributed by atoms with Crippen molar-refractivity contribution >= 4 is 46.0 Å². The molecule has 2 aromatic carbocycles. The zero-order valence-electron chi connectivity index (χ0n) is 18.5. The van der Waals surface area contributed by atoms with Gasteiger partial charge < -0.3 is 16.0 Å².